The molecule has 0 atom stereocenters. The maximum atomic E-state index is 5.24. The molecule has 0 aliphatic rings. The number of pyridine rings is 2. The highest BCUT2D eigenvalue weighted by molar-refractivity contribution is 5.97. The van der Waals surface area contributed by atoms with Gasteiger partial charge >= 0.3 is 0 Å². The van der Waals surface area contributed by atoms with Gasteiger partial charge in [0.25, 0.3) is 0 Å². The molecule has 3 heteroatoms. The van der Waals surface area contributed by atoms with Crippen molar-refractivity contribution in [3.05, 3.63) is 54.6 Å². The Balaban J connectivity index is 2.09. The first-order chi connectivity index (χ1) is 9.83. The van der Waals surface area contributed by atoms with Crippen LogP contribution in [-0.2, 0) is 0 Å². The van der Waals surface area contributed by atoms with Crippen molar-refractivity contribution in [2.45, 2.75) is 0 Å². The van der Waals surface area contributed by atoms with Crippen LogP contribution in [-0.4, -0.2) is 17.1 Å². The minimum absolute atomic E-state index is 0.768. The summed E-state index contributed by atoms with van der Waals surface area (Å²) in [6, 6.07) is 18.3. The minimum Gasteiger partial charge on any atom is -0.497 e. The highest BCUT2D eigenvalue weighted by atomic mass is 16.5. The van der Waals surface area contributed by atoms with Gasteiger partial charge in [0.15, 0.2) is 5.65 Å². The van der Waals surface area contributed by atoms with E-state index < -0.39 is 0 Å². The van der Waals surface area contributed by atoms with E-state index in [0.717, 1.165) is 38.6 Å². The molecule has 0 radical (unpaired) electrons. The molecule has 0 unspecified atom stereocenters. The summed E-state index contributed by atoms with van der Waals surface area (Å²) in [6.07, 6.45) is 0. The van der Waals surface area contributed by atoms with Gasteiger partial charge in [-0.2, -0.15) is 0 Å². The lowest BCUT2D eigenvalue weighted by Crippen LogP contribution is -1.89. The summed E-state index contributed by atoms with van der Waals surface area (Å²) >= 11 is 0. The van der Waals surface area contributed by atoms with Gasteiger partial charge in [-0.3, -0.25) is 0 Å². The number of aromatic nitrogens is 2. The zero-order chi connectivity index (χ0) is 13.5. The molecule has 4 rings (SSSR count). The van der Waals surface area contributed by atoms with E-state index in [1.54, 1.807) is 7.11 Å². The second-order valence-corrected chi connectivity index (χ2v) is 4.77. The van der Waals surface area contributed by atoms with Crippen LogP contribution < -0.4 is 4.74 Å². The van der Waals surface area contributed by atoms with Gasteiger partial charge in [0.05, 0.1) is 18.1 Å². The largest absolute Gasteiger partial charge is 0.497 e. The third-order valence-corrected chi connectivity index (χ3v) is 3.51. The molecular weight excluding hydrogens is 248 g/mol. The number of benzene rings is 2. The molecule has 0 spiro atoms. The van der Waals surface area contributed by atoms with Crippen LogP contribution in [0, 0.1) is 0 Å². The summed E-state index contributed by atoms with van der Waals surface area (Å²) < 4.78 is 5.24. The molecule has 0 bridgehead atoms. The Morgan fingerprint density at radius 2 is 1.50 bits per heavy atom. The molecule has 0 amide bonds. The monoisotopic (exact) mass is 260 g/mol. The van der Waals surface area contributed by atoms with E-state index in [4.69, 9.17) is 4.74 Å². The number of nitrogens with zero attached hydrogens (tertiary/aromatic N) is 2. The van der Waals surface area contributed by atoms with Crippen molar-refractivity contribution >= 4 is 32.8 Å². The van der Waals surface area contributed by atoms with Crippen molar-refractivity contribution in [2.24, 2.45) is 0 Å². The standard InChI is InChI=1S/C17H12N2O/c1-20-14-7-6-12-9-13-8-11-4-2-3-5-15(11)18-17(13)19-16(12)10-14/h2-10H,1H3. The Morgan fingerprint density at radius 1 is 0.750 bits per heavy atom. The topological polar surface area (TPSA) is 35.0 Å². The lowest BCUT2D eigenvalue weighted by Gasteiger charge is -2.05. The lowest BCUT2D eigenvalue weighted by molar-refractivity contribution is 0.415. The Labute approximate surface area is 115 Å². The van der Waals surface area contributed by atoms with E-state index in [1.165, 1.54) is 0 Å². The highest BCUT2D eigenvalue weighted by Crippen LogP contribution is 2.24. The second-order valence-electron chi connectivity index (χ2n) is 4.77. The van der Waals surface area contributed by atoms with E-state index >= 15 is 0 Å². The molecule has 0 saturated carbocycles. The molecule has 4 aromatic rings. The number of methoxy groups -OCH3 is 1. The van der Waals surface area contributed by atoms with Crippen LogP contribution in [0.2, 0.25) is 0 Å². The third-order valence-electron chi connectivity index (χ3n) is 3.51. The van der Waals surface area contributed by atoms with Crippen molar-refractivity contribution < 1.29 is 4.74 Å². The summed E-state index contributed by atoms with van der Waals surface area (Å²) in [4.78, 5) is 9.28. The number of fused-ring (bicyclic) bond motifs is 3. The predicted octanol–water partition coefficient (Wildman–Crippen LogP) is 3.94. The smallest absolute Gasteiger partial charge is 0.160 e. The van der Waals surface area contributed by atoms with Crippen LogP contribution in [0.25, 0.3) is 32.8 Å². The molecule has 0 N–H and O–H groups in total. The number of hydrogen-bond donors (Lipinski definition) is 0. The number of ether oxygens (including phenoxy) is 1. The van der Waals surface area contributed by atoms with Gasteiger partial charge in [-0.25, -0.2) is 9.97 Å². The van der Waals surface area contributed by atoms with Crippen molar-refractivity contribution in [1.29, 1.82) is 0 Å². The third kappa shape index (κ3) is 1.67. The Kier molecular flexibility index (Phi) is 2.33. The fraction of sp³-hybridized carbons (Fsp3) is 0.0588. The molecule has 2 aromatic carbocycles. The quantitative estimate of drug-likeness (QED) is 0.486. The fourth-order valence-corrected chi connectivity index (χ4v) is 2.47. The molecule has 0 fully saturated rings. The summed E-state index contributed by atoms with van der Waals surface area (Å²) in [5.41, 5.74) is 2.64. The molecule has 0 aliphatic heterocycles. The maximum absolute atomic E-state index is 5.24. The number of para-hydroxylation sites is 1. The zero-order valence-corrected chi connectivity index (χ0v) is 11.0. The van der Waals surface area contributed by atoms with Gasteiger partial charge < -0.3 is 4.74 Å². The van der Waals surface area contributed by atoms with Gasteiger partial charge in [0.2, 0.25) is 0 Å². The molecule has 2 heterocycles. The van der Waals surface area contributed by atoms with Crippen molar-refractivity contribution in [2.75, 3.05) is 7.11 Å². The number of hydrogen-bond acceptors (Lipinski definition) is 3. The summed E-state index contributed by atoms with van der Waals surface area (Å²) in [5.74, 6) is 0.810. The lowest BCUT2D eigenvalue weighted by atomic mass is 10.1. The fourth-order valence-electron chi connectivity index (χ4n) is 2.47. The van der Waals surface area contributed by atoms with Crippen molar-refractivity contribution in [3.63, 3.8) is 0 Å². The van der Waals surface area contributed by atoms with Gasteiger partial charge in [-0.05, 0) is 30.3 Å². The first-order valence-electron chi connectivity index (χ1n) is 6.48. The van der Waals surface area contributed by atoms with Crippen LogP contribution in [0.1, 0.15) is 0 Å². The molecule has 2 aromatic heterocycles. The van der Waals surface area contributed by atoms with Gasteiger partial charge in [-0.15, -0.1) is 0 Å². The van der Waals surface area contributed by atoms with Crippen molar-refractivity contribution in [3.8, 4) is 5.75 Å². The highest BCUT2D eigenvalue weighted by Gasteiger charge is 2.04. The van der Waals surface area contributed by atoms with Gasteiger partial charge in [0.1, 0.15) is 5.75 Å². The van der Waals surface area contributed by atoms with Crippen LogP contribution in [0.15, 0.2) is 54.6 Å². The SMILES string of the molecule is COc1ccc2cc3cc4ccccc4nc3nc2c1. The zero-order valence-electron chi connectivity index (χ0n) is 11.0. The van der Waals surface area contributed by atoms with E-state index in [1.807, 2.05) is 36.4 Å². The van der Waals surface area contributed by atoms with Gasteiger partial charge in [-0.1, -0.05) is 18.2 Å². The molecular formula is C17H12N2O. The van der Waals surface area contributed by atoms with E-state index in [0.29, 0.717) is 0 Å². The Hall–Kier alpha value is -2.68. The van der Waals surface area contributed by atoms with Crippen LogP contribution in [0.3, 0.4) is 0 Å². The van der Waals surface area contributed by atoms with E-state index in [9.17, 15) is 0 Å². The van der Waals surface area contributed by atoms with E-state index in [2.05, 4.69) is 28.2 Å². The second kappa shape index (κ2) is 4.17. The molecule has 96 valence electrons. The first-order valence-corrected chi connectivity index (χ1v) is 6.48. The Bertz CT molecular complexity index is 947. The van der Waals surface area contributed by atoms with Crippen molar-refractivity contribution in [1.82, 2.24) is 9.97 Å². The summed E-state index contributed by atoms with van der Waals surface area (Å²) in [6.45, 7) is 0. The first kappa shape index (κ1) is 11.2. The van der Waals surface area contributed by atoms with Crippen LogP contribution >= 0.6 is 0 Å². The molecule has 0 saturated heterocycles. The normalized spacial score (nSPS) is 11.2. The summed E-state index contributed by atoms with van der Waals surface area (Å²) in [5, 5.41) is 3.28. The average Bonchev–Trinajstić information content (AvgIpc) is 2.50. The summed E-state index contributed by atoms with van der Waals surface area (Å²) in [7, 11) is 1.66. The minimum atomic E-state index is 0.768. The maximum Gasteiger partial charge on any atom is 0.160 e. The average molecular weight is 260 g/mol. The number of rotatable bonds is 1. The molecule has 0 aliphatic carbocycles. The van der Waals surface area contributed by atoms with Crippen LogP contribution in [0.4, 0.5) is 0 Å². The van der Waals surface area contributed by atoms with E-state index in [-0.39, 0.29) is 0 Å². The van der Waals surface area contributed by atoms with Crippen LogP contribution in [0.5, 0.6) is 5.75 Å². The van der Waals surface area contributed by atoms with Gasteiger partial charge in [0, 0.05) is 22.2 Å². The molecule has 3 nitrogen and oxygen atoms in total. The predicted molar refractivity (Wildman–Crippen MR) is 81.1 cm³/mol. The molecule has 20 heavy (non-hydrogen) atoms. The Morgan fingerprint density at radius 3 is 2.35 bits per heavy atom.